The number of hydrogen-bond donors (Lipinski definition) is 1. The third-order valence-electron chi connectivity index (χ3n) is 3.73. The first-order valence-electron chi connectivity index (χ1n) is 7.82. The molecule has 26 heavy (non-hydrogen) atoms. The van der Waals surface area contributed by atoms with E-state index < -0.39 is 0 Å². The molecule has 0 fully saturated rings. The van der Waals surface area contributed by atoms with Gasteiger partial charge >= 0.3 is 0 Å². The molecule has 0 saturated carbocycles. The lowest BCUT2D eigenvalue weighted by Crippen LogP contribution is -2.29. The zero-order valence-corrected chi connectivity index (χ0v) is 14.3. The van der Waals surface area contributed by atoms with E-state index >= 15 is 0 Å². The molecule has 1 N–H and O–H groups in total. The van der Waals surface area contributed by atoms with E-state index in [1.165, 1.54) is 11.3 Å². The lowest BCUT2D eigenvalue weighted by molar-refractivity contribution is -0.117. The molecule has 0 spiro atoms. The summed E-state index contributed by atoms with van der Waals surface area (Å²) in [5, 5.41) is 10.3. The molecule has 0 unspecified atom stereocenters. The zero-order valence-electron chi connectivity index (χ0n) is 13.5. The number of thiazole rings is 1. The number of pyridine rings is 1. The first kappa shape index (κ1) is 16.1. The van der Waals surface area contributed by atoms with E-state index in [9.17, 15) is 9.59 Å². The quantitative estimate of drug-likeness (QED) is 0.602. The Morgan fingerprint density at radius 3 is 2.81 bits per heavy atom. The van der Waals surface area contributed by atoms with E-state index in [0.717, 1.165) is 15.8 Å². The standard InChI is InChI=1S/C18H13N5O2S/c24-16(10-23-17(25)13-6-2-1-5-12(13)9-20-23)22-18-21-15(11-26-18)14-7-3-4-8-19-14/h1-9,11H,10H2,(H,21,22,24). The molecule has 7 nitrogen and oxygen atoms in total. The van der Waals surface area contributed by atoms with Crippen molar-refractivity contribution in [1.29, 1.82) is 0 Å². The Balaban J connectivity index is 1.51. The number of anilines is 1. The van der Waals surface area contributed by atoms with E-state index in [-0.39, 0.29) is 18.0 Å². The topological polar surface area (TPSA) is 89.8 Å². The summed E-state index contributed by atoms with van der Waals surface area (Å²) >= 11 is 1.30. The number of carbonyl (C=O) groups is 1. The van der Waals surface area contributed by atoms with E-state index in [2.05, 4.69) is 20.4 Å². The monoisotopic (exact) mass is 363 g/mol. The van der Waals surface area contributed by atoms with Gasteiger partial charge in [0.25, 0.3) is 5.56 Å². The number of benzene rings is 1. The molecule has 4 aromatic rings. The molecule has 8 heteroatoms. The molecule has 1 amide bonds. The lowest BCUT2D eigenvalue weighted by Gasteiger charge is -2.05. The van der Waals surface area contributed by atoms with E-state index in [0.29, 0.717) is 16.2 Å². The average molecular weight is 363 g/mol. The highest BCUT2D eigenvalue weighted by atomic mass is 32.1. The van der Waals surface area contributed by atoms with Crippen molar-refractivity contribution >= 4 is 33.1 Å². The molecule has 0 atom stereocenters. The second-order valence-electron chi connectivity index (χ2n) is 5.50. The van der Waals surface area contributed by atoms with Gasteiger partial charge in [-0.15, -0.1) is 11.3 Å². The number of amides is 1. The van der Waals surface area contributed by atoms with Gasteiger partial charge in [-0.1, -0.05) is 24.3 Å². The molecule has 128 valence electrons. The average Bonchev–Trinajstić information content (AvgIpc) is 3.13. The molecule has 0 aliphatic rings. The van der Waals surface area contributed by atoms with Gasteiger partial charge in [0.05, 0.1) is 17.3 Å². The Kier molecular flexibility index (Phi) is 4.24. The van der Waals surface area contributed by atoms with Crippen molar-refractivity contribution in [3.05, 3.63) is 70.6 Å². The summed E-state index contributed by atoms with van der Waals surface area (Å²) in [5.41, 5.74) is 1.12. The number of carbonyl (C=O) groups excluding carboxylic acids is 1. The van der Waals surface area contributed by atoms with Crippen molar-refractivity contribution in [3.8, 4) is 11.4 Å². The summed E-state index contributed by atoms with van der Waals surface area (Å²) in [7, 11) is 0. The Morgan fingerprint density at radius 2 is 1.96 bits per heavy atom. The van der Waals surface area contributed by atoms with Crippen molar-refractivity contribution in [2.45, 2.75) is 6.54 Å². The zero-order chi connectivity index (χ0) is 17.9. The normalized spacial score (nSPS) is 10.8. The molecule has 3 heterocycles. The van der Waals surface area contributed by atoms with Crippen LogP contribution in [0.25, 0.3) is 22.2 Å². The lowest BCUT2D eigenvalue weighted by atomic mass is 10.2. The highest BCUT2D eigenvalue weighted by Gasteiger charge is 2.11. The maximum Gasteiger partial charge on any atom is 0.275 e. The van der Waals surface area contributed by atoms with E-state index in [1.54, 1.807) is 24.5 Å². The first-order valence-corrected chi connectivity index (χ1v) is 8.70. The first-order chi connectivity index (χ1) is 12.7. The fraction of sp³-hybridized carbons (Fsp3) is 0.0556. The van der Waals surface area contributed by atoms with Crippen LogP contribution in [0.2, 0.25) is 0 Å². The van der Waals surface area contributed by atoms with Crippen LogP contribution in [0.4, 0.5) is 5.13 Å². The fourth-order valence-electron chi connectivity index (χ4n) is 2.50. The van der Waals surface area contributed by atoms with Crippen LogP contribution in [-0.2, 0) is 11.3 Å². The SMILES string of the molecule is O=C(Cn1ncc2ccccc2c1=O)Nc1nc(-c2ccccn2)cs1. The molecule has 0 bridgehead atoms. The van der Waals surface area contributed by atoms with Crippen LogP contribution >= 0.6 is 11.3 Å². The molecule has 3 aromatic heterocycles. The number of nitrogens with zero attached hydrogens (tertiary/aromatic N) is 4. The van der Waals surface area contributed by atoms with Crippen LogP contribution in [0.5, 0.6) is 0 Å². The largest absolute Gasteiger partial charge is 0.300 e. The van der Waals surface area contributed by atoms with Crippen LogP contribution in [0, 0.1) is 0 Å². The number of fused-ring (bicyclic) bond motifs is 1. The number of rotatable bonds is 4. The molecule has 1 aromatic carbocycles. The van der Waals surface area contributed by atoms with Crippen LogP contribution in [-0.4, -0.2) is 25.7 Å². The second-order valence-corrected chi connectivity index (χ2v) is 6.35. The summed E-state index contributed by atoms with van der Waals surface area (Å²) in [4.78, 5) is 33.2. The van der Waals surface area contributed by atoms with Gasteiger partial charge in [-0.25, -0.2) is 9.67 Å². The van der Waals surface area contributed by atoms with Crippen LogP contribution in [0.3, 0.4) is 0 Å². The van der Waals surface area contributed by atoms with Crippen molar-refractivity contribution in [3.63, 3.8) is 0 Å². The van der Waals surface area contributed by atoms with Gasteiger partial charge in [0.1, 0.15) is 12.2 Å². The fourth-order valence-corrected chi connectivity index (χ4v) is 3.22. The summed E-state index contributed by atoms with van der Waals surface area (Å²) in [6.07, 6.45) is 3.26. The molecular weight excluding hydrogens is 350 g/mol. The third-order valence-corrected chi connectivity index (χ3v) is 4.49. The van der Waals surface area contributed by atoms with Crippen LogP contribution in [0.15, 0.2) is 65.0 Å². The van der Waals surface area contributed by atoms with E-state index in [4.69, 9.17) is 0 Å². The van der Waals surface area contributed by atoms with E-state index in [1.807, 2.05) is 35.7 Å². The minimum absolute atomic E-state index is 0.178. The Labute approximate surface area is 152 Å². The number of aromatic nitrogens is 4. The minimum atomic E-state index is -0.364. The van der Waals surface area contributed by atoms with Crippen LogP contribution < -0.4 is 10.9 Å². The van der Waals surface area contributed by atoms with Crippen LogP contribution in [0.1, 0.15) is 0 Å². The van der Waals surface area contributed by atoms with Gasteiger partial charge in [0, 0.05) is 17.0 Å². The van der Waals surface area contributed by atoms with Crippen molar-refractivity contribution < 1.29 is 4.79 Å². The highest BCUT2D eigenvalue weighted by molar-refractivity contribution is 7.14. The molecule has 0 saturated heterocycles. The van der Waals surface area contributed by atoms with Gasteiger partial charge in [0.15, 0.2) is 5.13 Å². The predicted molar refractivity (Wildman–Crippen MR) is 100.0 cm³/mol. The smallest absolute Gasteiger partial charge is 0.275 e. The van der Waals surface area contributed by atoms with Crippen molar-refractivity contribution in [1.82, 2.24) is 19.7 Å². The predicted octanol–water partition coefficient (Wildman–Crippen LogP) is 2.55. The second kappa shape index (κ2) is 6.85. The summed E-state index contributed by atoms with van der Waals surface area (Å²) in [6, 6.07) is 12.7. The molecule has 4 rings (SSSR count). The summed E-state index contributed by atoms with van der Waals surface area (Å²) < 4.78 is 1.14. The molecule has 0 radical (unpaired) electrons. The Hall–Kier alpha value is -3.39. The molecule has 0 aliphatic carbocycles. The Bertz CT molecular complexity index is 1140. The van der Waals surface area contributed by atoms with Gasteiger partial charge < -0.3 is 5.32 Å². The maximum atomic E-state index is 12.4. The Morgan fingerprint density at radius 1 is 1.12 bits per heavy atom. The summed E-state index contributed by atoms with van der Waals surface area (Å²) in [6.45, 7) is -0.178. The van der Waals surface area contributed by atoms with Crippen molar-refractivity contribution in [2.24, 2.45) is 0 Å². The van der Waals surface area contributed by atoms with Gasteiger partial charge in [-0.2, -0.15) is 5.10 Å². The number of hydrogen-bond acceptors (Lipinski definition) is 6. The molecule has 0 aliphatic heterocycles. The maximum absolute atomic E-state index is 12.4. The third kappa shape index (κ3) is 3.22. The highest BCUT2D eigenvalue weighted by Crippen LogP contribution is 2.23. The number of nitrogens with one attached hydrogen (secondary N) is 1. The van der Waals surface area contributed by atoms with Gasteiger partial charge in [0.2, 0.25) is 5.91 Å². The van der Waals surface area contributed by atoms with Crippen molar-refractivity contribution in [2.75, 3.05) is 5.32 Å². The van der Waals surface area contributed by atoms with Gasteiger partial charge in [-0.3, -0.25) is 14.6 Å². The van der Waals surface area contributed by atoms with Gasteiger partial charge in [-0.05, 0) is 18.2 Å². The summed E-state index contributed by atoms with van der Waals surface area (Å²) in [5.74, 6) is -0.364. The molecular formula is C18H13N5O2S. The minimum Gasteiger partial charge on any atom is -0.300 e.